The molecule has 0 fully saturated rings. The minimum absolute atomic E-state index is 0. The quantitative estimate of drug-likeness (QED) is 0.287. The van der Waals surface area contributed by atoms with Gasteiger partial charge >= 0.3 is 29.6 Å². The molecule has 2 rings (SSSR count). The van der Waals surface area contributed by atoms with E-state index in [1.165, 1.54) is 24.5 Å². The molecule has 156 valence electrons. The van der Waals surface area contributed by atoms with Crippen LogP contribution in [-0.2, 0) is 24.3 Å². The van der Waals surface area contributed by atoms with Gasteiger partial charge in [-0.3, -0.25) is 14.7 Å². The van der Waals surface area contributed by atoms with Crippen molar-refractivity contribution in [2.45, 2.75) is 31.9 Å². The van der Waals surface area contributed by atoms with Gasteiger partial charge in [0.25, 0.3) is 12.9 Å². The van der Waals surface area contributed by atoms with Crippen molar-refractivity contribution >= 4 is 36.0 Å². The number of pyridine rings is 2. The van der Waals surface area contributed by atoms with Gasteiger partial charge in [-0.2, -0.15) is 18.0 Å². The number of nitrogens with zero attached hydrogens (tertiary/aromatic N) is 2. The summed E-state index contributed by atoms with van der Waals surface area (Å²) < 4.78 is 47.8. The minimum atomic E-state index is -2.50. The summed E-state index contributed by atoms with van der Waals surface area (Å²) in [5, 5.41) is 0. The first-order valence-corrected chi connectivity index (χ1v) is 9.64. The molecule has 28 heavy (non-hydrogen) atoms. The maximum absolute atomic E-state index is 12.0. The van der Waals surface area contributed by atoms with E-state index in [4.69, 9.17) is 11.6 Å². The van der Waals surface area contributed by atoms with Crippen LogP contribution >= 0.6 is 23.4 Å². The van der Waals surface area contributed by atoms with Gasteiger partial charge in [0.2, 0.25) is 0 Å². The molecule has 0 atom stereocenters. The molecule has 0 saturated heterocycles. The summed E-state index contributed by atoms with van der Waals surface area (Å²) in [5.41, 5.74) is 1.36. The maximum Gasteiger partial charge on any atom is 1.00 e. The van der Waals surface area contributed by atoms with Crippen molar-refractivity contribution in [2.75, 3.05) is 12.5 Å². The molecule has 0 bridgehead atoms. The first-order valence-electron chi connectivity index (χ1n) is 6.89. The van der Waals surface area contributed by atoms with Crippen LogP contribution in [0.4, 0.5) is 22.3 Å². The summed E-state index contributed by atoms with van der Waals surface area (Å²) >= 11 is 11.2. The Kier molecular flexibility index (Phi) is 27.3. The van der Waals surface area contributed by atoms with Gasteiger partial charge in [0.1, 0.15) is 11.4 Å². The molecule has 2 aromatic rings. The zero-order valence-corrected chi connectivity index (χ0v) is 19.4. The fourth-order valence-corrected chi connectivity index (χ4v) is 2.12. The van der Waals surface area contributed by atoms with E-state index in [-0.39, 0.29) is 53.1 Å². The predicted octanol–water partition coefficient (Wildman–Crippen LogP) is 3.60. The topological polar surface area (TPSA) is 25.8 Å². The number of aromatic nitrogens is 2. The average molecular weight is 473 g/mol. The van der Waals surface area contributed by atoms with Gasteiger partial charge in [-0.15, -0.1) is 11.6 Å². The van der Waals surface area contributed by atoms with Gasteiger partial charge < -0.3 is 12.6 Å². The first-order chi connectivity index (χ1) is 12.0. The number of rotatable bonds is 5. The molecule has 11 heteroatoms. The van der Waals surface area contributed by atoms with E-state index < -0.39 is 12.9 Å². The van der Waals surface area contributed by atoms with Crippen molar-refractivity contribution in [3.8, 4) is 0 Å². The second-order valence-corrected chi connectivity index (χ2v) is 5.48. The van der Waals surface area contributed by atoms with Crippen LogP contribution in [0.15, 0.2) is 36.7 Å². The molecule has 0 N–H and O–H groups in total. The first kappa shape index (κ1) is 35.4. The summed E-state index contributed by atoms with van der Waals surface area (Å²) in [6, 6.07) is 5.88. The van der Waals surface area contributed by atoms with Gasteiger partial charge in [0, 0.05) is 24.0 Å². The Morgan fingerprint density at radius 3 is 1.57 bits per heavy atom. The molecule has 0 spiro atoms. The molecule has 0 aliphatic carbocycles. The van der Waals surface area contributed by atoms with Gasteiger partial charge in [-0.25, -0.2) is 17.6 Å². The fourth-order valence-electron chi connectivity index (χ4n) is 1.46. The summed E-state index contributed by atoms with van der Waals surface area (Å²) in [6.45, 7) is 0. The van der Waals surface area contributed by atoms with Gasteiger partial charge in [-0.05, 0) is 29.5 Å². The average Bonchev–Trinajstić information content (AvgIpc) is 2.64. The number of hydrogen-bond acceptors (Lipinski definition) is 4. The second kappa shape index (κ2) is 21.6. The Labute approximate surface area is 200 Å². The molecular formula is C17H23ClF5N2NaS2. The van der Waals surface area contributed by atoms with E-state index in [0.29, 0.717) is 5.88 Å². The van der Waals surface area contributed by atoms with Crippen LogP contribution in [0.1, 0.15) is 42.8 Å². The van der Waals surface area contributed by atoms with Crippen LogP contribution in [0.25, 0.3) is 0 Å². The number of alkyl halides is 5. The summed E-state index contributed by atoms with van der Waals surface area (Å²) in [5.74, 6) is 1.12. The van der Waals surface area contributed by atoms with E-state index in [2.05, 4.69) is 22.6 Å². The van der Waals surface area contributed by atoms with Crippen molar-refractivity contribution in [3.63, 3.8) is 0 Å². The molecule has 2 aromatic heterocycles. The van der Waals surface area contributed by atoms with E-state index in [1.54, 1.807) is 30.2 Å². The third-order valence-corrected chi connectivity index (χ3v) is 3.54. The molecular weight excluding hydrogens is 450 g/mol. The molecule has 2 nitrogen and oxygen atoms in total. The third-order valence-electron chi connectivity index (χ3n) is 2.61. The van der Waals surface area contributed by atoms with E-state index in [1.807, 2.05) is 6.26 Å². The smallest absolute Gasteiger partial charge is 0.796 e. The SMILES string of the molecule is C.CSCc1ccc(C(F)F)nc1.C[S-].F.FC(F)c1ccc(CCl)cn1.[Na+]. The standard InChI is InChI=1S/C8H9F2NS.C7H6ClF2N.CH4S.CH4.FH.Na/c1-12-5-6-2-3-7(8(9)10)11-4-6;8-3-5-1-2-6(7(9)10)11-4-5;1-2;;;/h2-4,8H,5H2,1H3;1-2,4,7H,3H2;2H,1H3;1H4;1H;/q;;;;;+1/p-1. The van der Waals surface area contributed by atoms with Crippen LogP contribution in [0.3, 0.4) is 0 Å². The van der Waals surface area contributed by atoms with Gasteiger partial charge in [0.05, 0.1) is 0 Å². The Morgan fingerprint density at radius 1 is 0.929 bits per heavy atom. The van der Waals surface area contributed by atoms with Crippen molar-refractivity contribution in [1.82, 2.24) is 9.97 Å². The molecule has 0 radical (unpaired) electrons. The maximum atomic E-state index is 12.0. The zero-order valence-electron chi connectivity index (χ0n) is 15.0. The molecule has 2 heterocycles. The van der Waals surface area contributed by atoms with Crippen LogP contribution < -0.4 is 29.6 Å². The normalized spacial score (nSPS) is 8.93. The second-order valence-electron chi connectivity index (χ2n) is 4.35. The summed E-state index contributed by atoms with van der Waals surface area (Å²) in [6.07, 6.45) is 1.43. The van der Waals surface area contributed by atoms with Crippen molar-refractivity contribution < 1.29 is 51.8 Å². The molecule has 0 aromatic carbocycles. The van der Waals surface area contributed by atoms with E-state index in [0.717, 1.165) is 16.9 Å². The predicted molar refractivity (Wildman–Crippen MR) is 108 cm³/mol. The number of hydrogen-bond donors (Lipinski definition) is 0. The van der Waals surface area contributed by atoms with Crippen LogP contribution in [0, 0.1) is 0 Å². The van der Waals surface area contributed by atoms with E-state index >= 15 is 0 Å². The van der Waals surface area contributed by atoms with Crippen LogP contribution in [0.2, 0.25) is 0 Å². The molecule has 0 aliphatic rings. The monoisotopic (exact) mass is 472 g/mol. The zero-order chi connectivity index (χ0) is 19.2. The Hall–Kier alpha value is -0.0600. The third kappa shape index (κ3) is 14.9. The Balaban J connectivity index is -0.000000172. The van der Waals surface area contributed by atoms with Crippen molar-refractivity contribution in [1.29, 1.82) is 0 Å². The Bertz CT molecular complexity index is 579. The van der Waals surface area contributed by atoms with Gasteiger partial charge in [0.15, 0.2) is 0 Å². The van der Waals surface area contributed by atoms with Gasteiger partial charge in [-0.1, -0.05) is 19.6 Å². The van der Waals surface area contributed by atoms with E-state index in [9.17, 15) is 17.6 Å². The molecule has 0 amide bonds. The molecule has 0 saturated carbocycles. The number of halogens is 6. The fraction of sp³-hybridized carbons (Fsp3) is 0.412. The largest absolute Gasteiger partial charge is 1.00 e. The Morgan fingerprint density at radius 2 is 1.32 bits per heavy atom. The molecule has 0 unspecified atom stereocenters. The van der Waals surface area contributed by atoms with Crippen molar-refractivity contribution in [3.05, 3.63) is 59.2 Å². The summed E-state index contributed by atoms with van der Waals surface area (Å²) in [7, 11) is 0. The van der Waals surface area contributed by atoms with Crippen LogP contribution in [0.5, 0.6) is 0 Å². The minimum Gasteiger partial charge on any atom is -0.796 e. The van der Waals surface area contributed by atoms with Crippen LogP contribution in [-0.4, -0.2) is 22.5 Å². The molecule has 0 aliphatic heterocycles. The number of thioether (sulfide) groups is 1. The van der Waals surface area contributed by atoms with Crippen molar-refractivity contribution in [2.24, 2.45) is 0 Å². The summed E-state index contributed by atoms with van der Waals surface area (Å²) in [4.78, 5) is 7.15.